The van der Waals surface area contributed by atoms with Crippen LogP contribution in [-0.4, -0.2) is 34.1 Å². The molecule has 3 N–H and O–H groups in total. The Morgan fingerprint density at radius 3 is 1.82 bits per heavy atom. The Hall–Kier alpha value is -1.46. The van der Waals surface area contributed by atoms with Crippen molar-refractivity contribution in [3.05, 3.63) is 24.6 Å². The number of nitrogens with zero attached hydrogens (tertiary/aromatic N) is 2. The van der Waals surface area contributed by atoms with E-state index in [1.807, 2.05) is 13.1 Å². The number of quaternary nitrogens is 1. The third-order valence-corrected chi connectivity index (χ3v) is 7.07. The van der Waals surface area contributed by atoms with Crippen LogP contribution in [0.2, 0.25) is 0 Å². The van der Waals surface area contributed by atoms with Crippen molar-refractivity contribution in [3.63, 3.8) is 0 Å². The fourth-order valence-corrected chi connectivity index (χ4v) is 4.82. The van der Waals surface area contributed by atoms with Gasteiger partial charge in [0.2, 0.25) is 5.84 Å². The highest BCUT2D eigenvalue weighted by Crippen LogP contribution is 2.23. The third kappa shape index (κ3) is 13.4. The second kappa shape index (κ2) is 19.8. The summed E-state index contributed by atoms with van der Waals surface area (Å²) in [4.78, 5) is 15.7. The molecule has 1 heterocycles. The number of hydrogen-bond acceptors (Lipinski definition) is 3. The second-order valence-electron chi connectivity index (χ2n) is 10.2. The van der Waals surface area contributed by atoms with E-state index in [0.717, 1.165) is 18.7 Å². The van der Waals surface area contributed by atoms with Crippen molar-refractivity contribution in [2.45, 2.75) is 142 Å². The van der Waals surface area contributed by atoms with Crippen LogP contribution in [0.25, 0.3) is 0 Å². The van der Waals surface area contributed by atoms with Gasteiger partial charge in [-0.2, -0.15) is 0 Å². The lowest BCUT2D eigenvalue weighted by atomic mass is 10.0. The average molecular weight is 477 g/mol. The zero-order valence-electron chi connectivity index (χ0n) is 22.4. The number of nitrogens with two attached hydrogens (primary N) is 1. The number of carboxylic acid groups (broad SMARTS) is 1. The summed E-state index contributed by atoms with van der Waals surface area (Å²) in [6.07, 6.45) is 32.7. The van der Waals surface area contributed by atoms with Gasteiger partial charge in [-0.05, 0) is 32.1 Å². The van der Waals surface area contributed by atoms with Crippen LogP contribution in [0.15, 0.2) is 29.5 Å². The predicted octanol–water partition coefficient (Wildman–Crippen LogP) is 8.06. The average Bonchev–Trinajstić information content (AvgIpc) is 3.20. The first kappa shape index (κ1) is 30.6. The molecule has 0 saturated carbocycles. The Balaban J connectivity index is 1.91. The molecule has 1 rings (SSSR count). The van der Waals surface area contributed by atoms with Crippen LogP contribution in [0.3, 0.4) is 0 Å². The summed E-state index contributed by atoms with van der Waals surface area (Å²) in [7, 11) is 0. The Morgan fingerprint density at radius 1 is 0.882 bits per heavy atom. The molecule has 0 spiro atoms. The summed E-state index contributed by atoms with van der Waals surface area (Å²) in [5.74, 6) is 0.0613. The number of carbonyl (C=O) groups is 1. The molecule has 5 nitrogen and oxygen atoms in total. The van der Waals surface area contributed by atoms with Crippen LogP contribution in [0.5, 0.6) is 0 Å². The zero-order chi connectivity index (χ0) is 24.9. The van der Waals surface area contributed by atoms with E-state index < -0.39 is 5.97 Å². The fourth-order valence-electron chi connectivity index (χ4n) is 4.82. The molecule has 0 bridgehead atoms. The molecular weight excluding hydrogens is 422 g/mol. The Morgan fingerprint density at radius 2 is 1.35 bits per heavy atom. The summed E-state index contributed by atoms with van der Waals surface area (Å²) in [6, 6.07) is 0. The van der Waals surface area contributed by atoms with E-state index in [1.54, 1.807) is 6.20 Å². The van der Waals surface area contributed by atoms with Crippen LogP contribution >= 0.6 is 0 Å². The highest BCUT2D eigenvalue weighted by atomic mass is 16.4. The molecule has 0 aromatic carbocycles. The molecule has 0 amide bonds. The van der Waals surface area contributed by atoms with Gasteiger partial charge < -0.3 is 5.11 Å². The summed E-state index contributed by atoms with van der Waals surface area (Å²) in [6.45, 7) is 4.11. The molecule has 0 saturated heterocycles. The standard InChI is InChI=1S/C29H53N3O2/c1-3-4-5-6-7-8-9-10-11-12-13-14-15-16-17-18-19-20-21-22-23-28-31-24-25-32(28,27(2)30)26-29(33)34/h10-11,24-25,27H,3-9,12-23,26,30H2,1-2H3/p+1/b11-10+. The van der Waals surface area contributed by atoms with Crippen LogP contribution in [0, 0.1) is 0 Å². The number of aliphatic imine (C=N–C) groups is 1. The van der Waals surface area contributed by atoms with Crippen LogP contribution < -0.4 is 5.73 Å². The van der Waals surface area contributed by atoms with Gasteiger partial charge in [0.05, 0.1) is 6.20 Å². The van der Waals surface area contributed by atoms with Crippen LogP contribution in [0.1, 0.15) is 136 Å². The van der Waals surface area contributed by atoms with Crippen molar-refractivity contribution in [2.24, 2.45) is 10.7 Å². The number of unbranched alkanes of at least 4 members (excludes halogenated alkanes) is 16. The molecule has 5 heteroatoms. The molecule has 1 aliphatic rings. The molecule has 0 aromatic rings. The molecule has 2 atom stereocenters. The van der Waals surface area contributed by atoms with Gasteiger partial charge in [-0.15, -0.1) is 0 Å². The monoisotopic (exact) mass is 476 g/mol. The summed E-state index contributed by atoms with van der Waals surface area (Å²) in [5.41, 5.74) is 6.12. The largest absolute Gasteiger partial charge is 0.477 e. The number of rotatable bonds is 23. The quantitative estimate of drug-likeness (QED) is 0.0889. The van der Waals surface area contributed by atoms with E-state index in [0.29, 0.717) is 0 Å². The fraction of sp³-hybridized carbons (Fsp3) is 0.793. The van der Waals surface area contributed by atoms with Gasteiger partial charge in [0, 0.05) is 13.3 Å². The number of aliphatic carboxylic acids is 1. The van der Waals surface area contributed by atoms with Gasteiger partial charge >= 0.3 is 5.97 Å². The second-order valence-corrected chi connectivity index (χ2v) is 10.2. The van der Waals surface area contributed by atoms with Gasteiger partial charge in [-0.25, -0.2) is 14.3 Å². The summed E-state index contributed by atoms with van der Waals surface area (Å²) < 4.78 is 0.171. The molecule has 2 unspecified atom stereocenters. The van der Waals surface area contributed by atoms with Crippen molar-refractivity contribution in [1.29, 1.82) is 0 Å². The van der Waals surface area contributed by atoms with Gasteiger partial charge in [0.1, 0.15) is 12.4 Å². The summed E-state index contributed by atoms with van der Waals surface area (Å²) in [5, 5.41) is 9.28. The van der Waals surface area contributed by atoms with Crippen LogP contribution in [0.4, 0.5) is 0 Å². The van der Waals surface area contributed by atoms with Gasteiger partial charge in [0.15, 0.2) is 6.54 Å². The minimum Gasteiger partial charge on any atom is -0.477 e. The predicted molar refractivity (Wildman–Crippen MR) is 146 cm³/mol. The lowest BCUT2D eigenvalue weighted by molar-refractivity contribution is -0.805. The van der Waals surface area contributed by atoms with E-state index in [4.69, 9.17) is 5.73 Å². The van der Waals surface area contributed by atoms with E-state index in [-0.39, 0.29) is 17.2 Å². The van der Waals surface area contributed by atoms with E-state index in [1.165, 1.54) is 109 Å². The lowest BCUT2D eigenvalue weighted by Crippen LogP contribution is -2.59. The van der Waals surface area contributed by atoms with Crippen molar-refractivity contribution in [3.8, 4) is 0 Å². The number of carboxylic acids is 1. The molecular formula is C29H54N3O2+. The van der Waals surface area contributed by atoms with Gasteiger partial charge in [-0.1, -0.05) is 103 Å². The maximum Gasteiger partial charge on any atom is 0.360 e. The van der Waals surface area contributed by atoms with Crippen molar-refractivity contribution < 1.29 is 14.4 Å². The third-order valence-electron chi connectivity index (χ3n) is 7.07. The highest BCUT2D eigenvalue weighted by molar-refractivity contribution is 5.81. The zero-order valence-corrected chi connectivity index (χ0v) is 22.4. The van der Waals surface area contributed by atoms with Crippen molar-refractivity contribution in [1.82, 2.24) is 0 Å². The summed E-state index contributed by atoms with van der Waals surface area (Å²) >= 11 is 0. The normalized spacial score (nSPS) is 18.6. The first-order valence-corrected chi connectivity index (χ1v) is 14.3. The SMILES string of the molecule is CCCCCCCC/C=C/CCCCCCCCCCCCC1=NC=C[N+]1(CC(=O)O)C(C)N. The first-order chi connectivity index (χ1) is 16.5. The molecule has 196 valence electrons. The lowest BCUT2D eigenvalue weighted by Gasteiger charge is -2.34. The smallest absolute Gasteiger partial charge is 0.360 e. The molecule has 1 aliphatic heterocycles. The minimum atomic E-state index is -0.837. The number of amidine groups is 1. The van der Waals surface area contributed by atoms with Gasteiger partial charge in [0.25, 0.3) is 0 Å². The molecule has 0 radical (unpaired) electrons. The molecule has 34 heavy (non-hydrogen) atoms. The Labute approximate surface area is 210 Å². The Bertz CT molecular complexity index is 612. The number of hydrogen-bond donors (Lipinski definition) is 2. The topological polar surface area (TPSA) is 75.7 Å². The Kier molecular flexibility index (Phi) is 17.8. The van der Waals surface area contributed by atoms with E-state index >= 15 is 0 Å². The highest BCUT2D eigenvalue weighted by Gasteiger charge is 2.40. The molecule has 0 aliphatic carbocycles. The van der Waals surface area contributed by atoms with Gasteiger partial charge in [-0.3, -0.25) is 5.73 Å². The van der Waals surface area contributed by atoms with Crippen LogP contribution in [-0.2, 0) is 4.79 Å². The number of allylic oxidation sites excluding steroid dienone is 2. The first-order valence-electron chi connectivity index (χ1n) is 14.3. The molecule has 0 fully saturated rings. The van der Waals surface area contributed by atoms with E-state index in [2.05, 4.69) is 24.1 Å². The minimum absolute atomic E-state index is 0.0253. The maximum atomic E-state index is 11.3. The maximum absolute atomic E-state index is 11.3. The van der Waals surface area contributed by atoms with Crippen molar-refractivity contribution >= 4 is 11.8 Å². The molecule has 0 aromatic heterocycles. The van der Waals surface area contributed by atoms with Crippen molar-refractivity contribution in [2.75, 3.05) is 6.54 Å². The van der Waals surface area contributed by atoms with E-state index in [9.17, 15) is 9.90 Å².